The number of ether oxygens (including phenoxy) is 2. The molecule has 7 nitrogen and oxygen atoms in total. The molecule has 4 aromatic rings. The van der Waals surface area contributed by atoms with E-state index in [1.807, 2.05) is 84.9 Å². The van der Waals surface area contributed by atoms with Crippen LogP contribution in [0.4, 0.5) is 10.5 Å². The topological polar surface area (TPSA) is 80.8 Å². The van der Waals surface area contributed by atoms with E-state index in [2.05, 4.69) is 10.3 Å². The van der Waals surface area contributed by atoms with Gasteiger partial charge in [-0.3, -0.25) is 14.7 Å². The number of carbonyl (C=O) groups excluding carboxylic acids is 2. The van der Waals surface area contributed by atoms with Gasteiger partial charge in [0.05, 0.1) is 18.3 Å². The van der Waals surface area contributed by atoms with Gasteiger partial charge in [0.1, 0.15) is 18.4 Å². The minimum atomic E-state index is -0.736. The number of hydrogen-bond donors (Lipinski definition) is 1. The summed E-state index contributed by atoms with van der Waals surface area (Å²) >= 11 is 0. The van der Waals surface area contributed by atoms with E-state index in [0.717, 1.165) is 22.3 Å². The third kappa shape index (κ3) is 4.86. The Balaban J connectivity index is 1.42. The van der Waals surface area contributed by atoms with E-state index in [1.54, 1.807) is 13.3 Å². The predicted octanol–water partition coefficient (Wildman–Crippen LogP) is 5.38. The predicted molar refractivity (Wildman–Crippen MR) is 138 cm³/mol. The van der Waals surface area contributed by atoms with Crippen LogP contribution in [0.1, 0.15) is 23.5 Å². The molecule has 182 valence electrons. The SMILES string of the molecule is COc1ccc([C@@H]2CCN(C(=O)OCc3ccccc3)[C@@H]2C(=O)Nc2cccc3cccnc23)cc1. The average molecular weight is 482 g/mol. The maximum atomic E-state index is 13.7. The Morgan fingerprint density at radius 1 is 0.972 bits per heavy atom. The van der Waals surface area contributed by atoms with Crippen LogP contribution in [0.2, 0.25) is 0 Å². The zero-order chi connectivity index (χ0) is 24.9. The molecular weight excluding hydrogens is 454 g/mol. The Morgan fingerprint density at radius 3 is 2.53 bits per heavy atom. The van der Waals surface area contributed by atoms with Gasteiger partial charge in [0, 0.05) is 24.0 Å². The number of anilines is 1. The lowest BCUT2D eigenvalue weighted by Gasteiger charge is -2.27. The Bertz CT molecular complexity index is 1350. The van der Waals surface area contributed by atoms with Crippen molar-refractivity contribution in [3.05, 3.63) is 102 Å². The van der Waals surface area contributed by atoms with Crippen LogP contribution >= 0.6 is 0 Å². The van der Waals surface area contributed by atoms with Crippen molar-refractivity contribution in [3.8, 4) is 5.75 Å². The first-order valence-electron chi connectivity index (χ1n) is 11.9. The van der Waals surface area contributed by atoms with Crippen molar-refractivity contribution in [1.82, 2.24) is 9.88 Å². The summed E-state index contributed by atoms with van der Waals surface area (Å²) in [5.41, 5.74) is 3.16. The van der Waals surface area contributed by atoms with Crippen LogP contribution in [0, 0.1) is 0 Å². The molecule has 5 rings (SSSR count). The van der Waals surface area contributed by atoms with E-state index in [0.29, 0.717) is 24.2 Å². The first-order chi connectivity index (χ1) is 17.6. The quantitative estimate of drug-likeness (QED) is 0.400. The number of aromatic nitrogens is 1. The molecule has 0 spiro atoms. The van der Waals surface area contributed by atoms with Crippen molar-refractivity contribution in [2.24, 2.45) is 0 Å². The molecule has 2 atom stereocenters. The molecule has 1 fully saturated rings. The number of amides is 2. The van der Waals surface area contributed by atoms with Crippen LogP contribution in [-0.4, -0.2) is 41.6 Å². The van der Waals surface area contributed by atoms with Crippen molar-refractivity contribution in [2.75, 3.05) is 19.0 Å². The zero-order valence-corrected chi connectivity index (χ0v) is 20.0. The second kappa shape index (κ2) is 10.5. The first-order valence-corrected chi connectivity index (χ1v) is 11.9. The molecule has 0 aliphatic carbocycles. The number of methoxy groups -OCH3 is 1. The minimum Gasteiger partial charge on any atom is -0.497 e. The number of likely N-dealkylation sites (tertiary alicyclic amines) is 1. The molecule has 1 aromatic heterocycles. The number of rotatable bonds is 6. The number of fused-ring (bicyclic) bond motifs is 1. The highest BCUT2D eigenvalue weighted by Crippen LogP contribution is 2.36. The smallest absolute Gasteiger partial charge is 0.410 e. The highest BCUT2D eigenvalue weighted by Gasteiger charge is 2.43. The van der Waals surface area contributed by atoms with E-state index < -0.39 is 12.1 Å². The first kappa shape index (κ1) is 23.4. The lowest BCUT2D eigenvalue weighted by Crippen LogP contribution is -2.45. The lowest BCUT2D eigenvalue weighted by atomic mass is 9.91. The third-order valence-electron chi connectivity index (χ3n) is 6.54. The lowest BCUT2D eigenvalue weighted by molar-refractivity contribution is -0.120. The molecule has 3 aromatic carbocycles. The molecule has 7 heteroatoms. The molecule has 2 heterocycles. The van der Waals surface area contributed by atoms with Gasteiger partial charge in [-0.05, 0) is 41.8 Å². The number of pyridine rings is 1. The Labute approximate surface area is 209 Å². The Morgan fingerprint density at radius 2 is 1.75 bits per heavy atom. The molecular formula is C29H27N3O4. The van der Waals surface area contributed by atoms with Crippen LogP contribution in [0.15, 0.2) is 91.1 Å². The van der Waals surface area contributed by atoms with Gasteiger partial charge in [0.15, 0.2) is 0 Å². The summed E-state index contributed by atoms with van der Waals surface area (Å²) in [5, 5.41) is 3.96. The second-order valence-corrected chi connectivity index (χ2v) is 8.72. The molecule has 36 heavy (non-hydrogen) atoms. The summed E-state index contributed by atoms with van der Waals surface area (Å²) in [6.07, 6.45) is 1.82. The van der Waals surface area contributed by atoms with Gasteiger partial charge in [-0.25, -0.2) is 4.79 Å². The van der Waals surface area contributed by atoms with Gasteiger partial charge in [0.2, 0.25) is 5.91 Å². The van der Waals surface area contributed by atoms with Crippen LogP contribution in [0.5, 0.6) is 5.75 Å². The fourth-order valence-corrected chi connectivity index (χ4v) is 4.74. The molecule has 0 bridgehead atoms. The van der Waals surface area contributed by atoms with E-state index in [9.17, 15) is 9.59 Å². The van der Waals surface area contributed by atoms with E-state index in [1.165, 1.54) is 4.90 Å². The summed E-state index contributed by atoms with van der Waals surface area (Å²) in [7, 11) is 1.61. The van der Waals surface area contributed by atoms with Gasteiger partial charge in [-0.15, -0.1) is 0 Å². The van der Waals surface area contributed by atoms with Gasteiger partial charge in [0.25, 0.3) is 0 Å². The van der Waals surface area contributed by atoms with Crippen LogP contribution in [-0.2, 0) is 16.1 Å². The number of hydrogen-bond acceptors (Lipinski definition) is 5. The highest BCUT2D eigenvalue weighted by molar-refractivity contribution is 6.03. The third-order valence-corrected chi connectivity index (χ3v) is 6.54. The van der Waals surface area contributed by atoms with Crippen molar-refractivity contribution in [1.29, 1.82) is 0 Å². The molecule has 0 unspecified atom stereocenters. The van der Waals surface area contributed by atoms with Crippen molar-refractivity contribution in [2.45, 2.75) is 25.0 Å². The number of para-hydroxylation sites is 1. The molecule has 0 saturated carbocycles. The van der Waals surface area contributed by atoms with Crippen molar-refractivity contribution >= 4 is 28.6 Å². The highest BCUT2D eigenvalue weighted by atomic mass is 16.6. The Hall–Kier alpha value is -4.39. The molecule has 2 amide bonds. The van der Waals surface area contributed by atoms with E-state index in [4.69, 9.17) is 9.47 Å². The summed E-state index contributed by atoms with van der Waals surface area (Å²) in [6.45, 7) is 0.557. The average Bonchev–Trinajstić information content (AvgIpc) is 3.38. The van der Waals surface area contributed by atoms with Crippen LogP contribution in [0.3, 0.4) is 0 Å². The monoisotopic (exact) mass is 481 g/mol. The fourth-order valence-electron chi connectivity index (χ4n) is 4.74. The number of nitrogens with one attached hydrogen (secondary N) is 1. The molecule has 1 saturated heterocycles. The summed E-state index contributed by atoms with van der Waals surface area (Å²) in [6, 6.07) is 25.8. The molecule has 1 aliphatic heterocycles. The van der Waals surface area contributed by atoms with Gasteiger partial charge >= 0.3 is 6.09 Å². The van der Waals surface area contributed by atoms with Crippen LogP contribution in [0.25, 0.3) is 10.9 Å². The standard InChI is InChI=1S/C29H27N3O4/c1-35-23-14-12-21(13-15-23)24-16-18-32(29(34)36-19-20-7-3-2-4-8-20)27(24)28(33)31-25-11-5-9-22-10-6-17-30-26(22)25/h2-15,17,24,27H,16,18-19H2,1H3,(H,31,33)/t24-,27-/m0/s1. The van der Waals surface area contributed by atoms with E-state index >= 15 is 0 Å². The minimum absolute atomic E-state index is 0.144. The van der Waals surface area contributed by atoms with Crippen molar-refractivity contribution in [3.63, 3.8) is 0 Å². The van der Waals surface area contributed by atoms with Gasteiger partial charge in [-0.2, -0.15) is 0 Å². The number of carbonyl (C=O) groups is 2. The summed E-state index contributed by atoms with van der Waals surface area (Å²) in [4.78, 5) is 32.9. The molecule has 0 radical (unpaired) electrons. The maximum absolute atomic E-state index is 13.7. The number of benzene rings is 3. The van der Waals surface area contributed by atoms with Crippen LogP contribution < -0.4 is 10.1 Å². The second-order valence-electron chi connectivity index (χ2n) is 8.72. The summed E-state index contributed by atoms with van der Waals surface area (Å²) in [5.74, 6) is 0.268. The van der Waals surface area contributed by atoms with E-state index in [-0.39, 0.29) is 18.4 Å². The summed E-state index contributed by atoms with van der Waals surface area (Å²) < 4.78 is 10.9. The maximum Gasteiger partial charge on any atom is 0.410 e. The van der Waals surface area contributed by atoms with Crippen molar-refractivity contribution < 1.29 is 19.1 Å². The van der Waals surface area contributed by atoms with Gasteiger partial charge in [-0.1, -0.05) is 60.7 Å². The zero-order valence-electron chi connectivity index (χ0n) is 20.0. The molecule has 1 aliphatic rings. The Kier molecular flexibility index (Phi) is 6.80. The fraction of sp³-hybridized carbons (Fsp3) is 0.207. The molecule has 1 N–H and O–H groups in total. The normalized spacial score (nSPS) is 17.1. The van der Waals surface area contributed by atoms with Gasteiger partial charge < -0.3 is 14.8 Å². The number of nitrogens with zero attached hydrogens (tertiary/aromatic N) is 2. The largest absolute Gasteiger partial charge is 0.497 e.